The lowest BCUT2D eigenvalue weighted by Crippen LogP contribution is -2.35. The number of aliphatic hydroxyl groups excluding tert-OH is 1. The number of hydrogen-bond donors (Lipinski definition) is 4. The molecule has 0 aromatic heterocycles. The largest absolute Gasteiger partial charge is 0.395 e. The third kappa shape index (κ3) is 4.54. The van der Waals surface area contributed by atoms with Crippen molar-refractivity contribution in [2.24, 2.45) is 5.41 Å². The number of nitrogens with zero attached hydrogens (tertiary/aromatic N) is 1. The lowest BCUT2D eigenvalue weighted by atomic mass is 9.93. The van der Waals surface area contributed by atoms with Crippen molar-refractivity contribution in [3.8, 4) is 0 Å². The van der Waals surface area contributed by atoms with Gasteiger partial charge in [-0.2, -0.15) is 0 Å². The second-order valence-electron chi connectivity index (χ2n) is 10.9. The third-order valence-electron chi connectivity index (χ3n) is 8.57. The Kier molecular flexibility index (Phi) is 5.87. The number of fused-ring (bicyclic) bond motifs is 3. The van der Waals surface area contributed by atoms with E-state index in [1.165, 1.54) is 37.7 Å². The van der Waals surface area contributed by atoms with E-state index in [0.29, 0.717) is 28.6 Å². The summed E-state index contributed by atoms with van der Waals surface area (Å²) in [5, 5.41) is 15.8. The van der Waals surface area contributed by atoms with Gasteiger partial charge in [-0.05, 0) is 79.8 Å². The molecule has 9 heteroatoms. The van der Waals surface area contributed by atoms with Crippen molar-refractivity contribution in [3.05, 3.63) is 47.5 Å². The van der Waals surface area contributed by atoms with Gasteiger partial charge in [-0.15, -0.1) is 0 Å². The van der Waals surface area contributed by atoms with Gasteiger partial charge >= 0.3 is 0 Å². The quantitative estimate of drug-likeness (QED) is 0.446. The highest BCUT2D eigenvalue weighted by Crippen LogP contribution is 2.54. The number of nitrogens with one attached hydrogen (secondary N) is 3. The number of amides is 1. The molecule has 2 aromatic rings. The summed E-state index contributed by atoms with van der Waals surface area (Å²) in [6, 6.07) is 11.7. The average Bonchev–Trinajstić information content (AvgIpc) is 3.28. The van der Waals surface area contributed by atoms with Crippen LogP contribution in [0.25, 0.3) is 0 Å². The zero-order chi connectivity index (χ0) is 24.9. The molecule has 2 aliphatic carbocycles. The van der Waals surface area contributed by atoms with Crippen LogP contribution in [0.1, 0.15) is 66.8 Å². The first-order valence-corrected chi connectivity index (χ1v) is 14.7. The smallest absolute Gasteiger partial charge is 0.257 e. The van der Waals surface area contributed by atoms with Crippen LogP contribution in [-0.2, 0) is 10.0 Å². The van der Waals surface area contributed by atoms with Crippen molar-refractivity contribution in [1.82, 2.24) is 0 Å². The molecule has 1 saturated heterocycles. The second-order valence-corrected chi connectivity index (χ2v) is 12.7. The SMILES string of the molecule is O=C(Nc1ccc2c(c1)NC1CCCC21)c1ccc(NS(=O)(=O)CCO)cc1N1CCC2(CC1)CC2. The standard InChI is InChI=1S/C27H34N4O4S/c32-14-15-36(34,35)30-19-5-7-22(25(17-19)31-12-10-27(8-9-27)11-13-31)26(33)28-18-4-6-21-20-2-1-3-23(20)29-24(21)16-18/h4-7,16-17,20,23,29-30,32H,1-3,8-15H2,(H,28,33). The molecule has 1 spiro atoms. The molecule has 36 heavy (non-hydrogen) atoms. The van der Waals surface area contributed by atoms with Crippen LogP contribution in [0.15, 0.2) is 36.4 Å². The molecule has 6 rings (SSSR count). The van der Waals surface area contributed by atoms with Crippen LogP contribution in [0.3, 0.4) is 0 Å². The molecule has 4 N–H and O–H groups in total. The highest BCUT2D eigenvalue weighted by Gasteiger charge is 2.44. The number of sulfonamides is 1. The lowest BCUT2D eigenvalue weighted by molar-refractivity contribution is 0.102. The van der Waals surface area contributed by atoms with Gasteiger partial charge in [-0.1, -0.05) is 12.5 Å². The van der Waals surface area contributed by atoms with Gasteiger partial charge in [0.25, 0.3) is 5.91 Å². The maximum atomic E-state index is 13.5. The van der Waals surface area contributed by atoms with Gasteiger partial charge in [0.15, 0.2) is 0 Å². The zero-order valence-electron chi connectivity index (χ0n) is 20.4. The Balaban J connectivity index is 1.25. The molecule has 2 heterocycles. The topological polar surface area (TPSA) is 111 Å². The number of hydrogen-bond acceptors (Lipinski definition) is 6. The van der Waals surface area contributed by atoms with Crippen molar-refractivity contribution < 1.29 is 18.3 Å². The van der Waals surface area contributed by atoms with Crippen LogP contribution in [0, 0.1) is 5.41 Å². The number of piperidine rings is 1. The minimum atomic E-state index is -3.66. The Morgan fingerprint density at radius 3 is 2.58 bits per heavy atom. The third-order valence-corrected chi connectivity index (χ3v) is 9.83. The van der Waals surface area contributed by atoms with Gasteiger partial charge in [0.1, 0.15) is 0 Å². The first-order valence-electron chi connectivity index (χ1n) is 13.1. The van der Waals surface area contributed by atoms with E-state index in [4.69, 9.17) is 5.11 Å². The van der Waals surface area contributed by atoms with E-state index in [9.17, 15) is 13.2 Å². The van der Waals surface area contributed by atoms with Crippen molar-refractivity contribution in [2.75, 3.05) is 45.7 Å². The minimum Gasteiger partial charge on any atom is -0.395 e. The highest BCUT2D eigenvalue weighted by molar-refractivity contribution is 7.92. The second kappa shape index (κ2) is 8.95. The summed E-state index contributed by atoms with van der Waals surface area (Å²) < 4.78 is 27.0. The van der Waals surface area contributed by atoms with Gasteiger partial charge in [0.05, 0.1) is 29.3 Å². The molecule has 2 saturated carbocycles. The molecule has 1 amide bonds. The van der Waals surface area contributed by atoms with Crippen LogP contribution in [-0.4, -0.2) is 50.9 Å². The molecule has 2 aromatic carbocycles. The lowest BCUT2D eigenvalue weighted by Gasteiger charge is -2.35. The van der Waals surface area contributed by atoms with E-state index < -0.39 is 16.6 Å². The van der Waals surface area contributed by atoms with Gasteiger partial charge in [0.2, 0.25) is 10.0 Å². The summed E-state index contributed by atoms with van der Waals surface area (Å²) in [7, 11) is -3.66. The van der Waals surface area contributed by atoms with E-state index in [2.05, 4.69) is 26.3 Å². The zero-order valence-corrected chi connectivity index (χ0v) is 21.2. The van der Waals surface area contributed by atoms with Crippen LogP contribution in [0.5, 0.6) is 0 Å². The molecule has 2 unspecified atom stereocenters. The van der Waals surface area contributed by atoms with E-state index >= 15 is 0 Å². The molecule has 0 bridgehead atoms. The van der Waals surface area contributed by atoms with Crippen LogP contribution in [0.4, 0.5) is 22.7 Å². The summed E-state index contributed by atoms with van der Waals surface area (Å²) in [5.74, 6) is -0.00257. The predicted molar refractivity (Wildman–Crippen MR) is 142 cm³/mol. The Labute approximate surface area is 212 Å². The predicted octanol–water partition coefficient (Wildman–Crippen LogP) is 4.11. The van der Waals surface area contributed by atoms with Gasteiger partial charge in [-0.25, -0.2) is 8.42 Å². The van der Waals surface area contributed by atoms with Crippen molar-refractivity contribution in [2.45, 2.75) is 56.9 Å². The molecular weight excluding hydrogens is 476 g/mol. The van der Waals surface area contributed by atoms with Gasteiger partial charge in [-0.3, -0.25) is 9.52 Å². The summed E-state index contributed by atoms with van der Waals surface area (Å²) in [4.78, 5) is 15.7. The average molecular weight is 511 g/mol. The monoisotopic (exact) mass is 510 g/mol. The Morgan fingerprint density at radius 2 is 1.83 bits per heavy atom. The Bertz CT molecular complexity index is 1280. The molecule has 8 nitrogen and oxygen atoms in total. The first kappa shape index (κ1) is 23.6. The Morgan fingerprint density at radius 1 is 1.06 bits per heavy atom. The molecule has 4 aliphatic rings. The first-order chi connectivity index (χ1) is 17.3. The van der Waals surface area contributed by atoms with Crippen molar-refractivity contribution in [1.29, 1.82) is 0 Å². The maximum Gasteiger partial charge on any atom is 0.257 e. The Hall–Kier alpha value is -2.78. The number of anilines is 4. The normalized spacial score (nSPS) is 23.6. The fourth-order valence-electron chi connectivity index (χ4n) is 6.28. The van der Waals surface area contributed by atoms with Crippen LogP contribution in [0.2, 0.25) is 0 Å². The maximum absolute atomic E-state index is 13.5. The number of rotatable bonds is 7. The van der Waals surface area contributed by atoms with Gasteiger partial charge in [0, 0.05) is 36.4 Å². The van der Waals surface area contributed by atoms with Crippen LogP contribution < -0.4 is 20.3 Å². The van der Waals surface area contributed by atoms with E-state index in [0.717, 1.165) is 43.0 Å². The summed E-state index contributed by atoms with van der Waals surface area (Å²) in [6.45, 7) is 1.24. The molecule has 2 atom stereocenters. The summed E-state index contributed by atoms with van der Waals surface area (Å²) >= 11 is 0. The molecule has 2 aliphatic heterocycles. The van der Waals surface area contributed by atoms with E-state index in [1.54, 1.807) is 18.2 Å². The molecule has 192 valence electrons. The van der Waals surface area contributed by atoms with Crippen molar-refractivity contribution in [3.63, 3.8) is 0 Å². The van der Waals surface area contributed by atoms with Gasteiger partial charge < -0.3 is 20.6 Å². The van der Waals surface area contributed by atoms with E-state index in [1.807, 2.05) is 12.1 Å². The van der Waals surface area contributed by atoms with Crippen molar-refractivity contribution >= 4 is 38.7 Å². The number of carbonyl (C=O) groups is 1. The fraction of sp³-hybridized carbons (Fsp3) is 0.519. The number of benzene rings is 2. The summed E-state index contributed by atoms with van der Waals surface area (Å²) in [5.41, 5.74) is 5.35. The number of aliphatic hydroxyl groups is 1. The molecule has 3 fully saturated rings. The highest BCUT2D eigenvalue weighted by atomic mass is 32.2. The number of carbonyl (C=O) groups excluding carboxylic acids is 1. The minimum absolute atomic E-state index is 0.209. The fourth-order valence-corrected chi connectivity index (χ4v) is 7.11. The summed E-state index contributed by atoms with van der Waals surface area (Å²) in [6.07, 6.45) is 8.40. The molecule has 0 radical (unpaired) electrons. The van der Waals surface area contributed by atoms with Crippen LogP contribution >= 0.6 is 0 Å². The molecular formula is C27H34N4O4S. The van der Waals surface area contributed by atoms with E-state index in [-0.39, 0.29) is 11.7 Å².